The van der Waals surface area contributed by atoms with Gasteiger partial charge in [0.25, 0.3) is 0 Å². The summed E-state index contributed by atoms with van der Waals surface area (Å²) in [7, 11) is -0.457. The maximum atomic E-state index is 12.7. The van der Waals surface area contributed by atoms with E-state index in [9.17, 15) is 35.0 Å². The van der Waals surface area contributed by atoms with Gasteiger partial charge in [0.05, 0.1) is 43.7 Å². The maximum Gasteiger partial charge on any atom is 0.492 e. The van der Waals surface area contributed by atoms with E-state index in [4.69, 9.17) is 14.0 Å². The van der Waals surface area contributed by atoms with Crippen molar-refractivity contribution in [3.63, 3.8) is 0 Å². The predicted molar refractivity (Wildman–Crippen MR) is 190 cm³/mol. The number of hydrogen-bond acceptors (Lipinski definition) is 10. The molecule has 0 fully saturated rings. The molecule has 0 spiro atoms. The molecule has 2 aliphatic rings. The van der Waals surface area contributed by atoms with Crippen molar-refractivity contribution >= 4 is 36.7 Å². The third-order valence-corrected chi connectivity index (χ3v) is 9.22. The molecule has 50 heavy (non-hydrogen) atoms. The number of ketones is 2. The summed E-state index contributed by atoms with van der Waals surface area (Å²) in [6.07, 6.45) is 0.374. The molecular weight excluding hydrogens is 638 g/mol. The first-order valence-electron chi connectivity index (χ1n) is 16.4. The van der Waals surface area contributed by atoms with Crippen molar-refractivity contribution in [1.29, 1.82) is 0 Å². The highest BCUT2D eigenvalue weighted by Gasteiger charge is 2.41. The Morgan fingerprint density at radius 3 is 1.66 bits per heavy atom. The fourth-order valence-corrected chi connectivity index (χ4v) is 6.49. The Morgan fingerprint density at radius 2 is 1.16 bits per heavy atom. The van der Waals surface area contributed by atoms with Crippen LogP contribution in [0.1, 0.15) is 87.4 Å². The molecule has 0 saturated heterocycles. The molecule has 0 aromatic heterocycles. The number of carbonyl (C=O) groups is 2. The summed E-state index contributed by atoms with van der Waals surface area (Å²) in [5.74, 6) is 0.267. The van der Waals surface area contributed by atoms with E-state index in [0.717, 1.165) is 22.3 Å². The molecule has 0 atom stereocenters. The highest BCUT2D eigenvalue weighted by Crippen LogP contribution is 2.31. The van der Waals surface area contributed by atoms with Gasteiger partial charge in [0.1, 0.15) is 5.75 Å². The summed E-state index contributed by atoms with van der Waals surface area (Å²) in [6.45, 7) is 7.08. The second-order valence-corrected chi connectivity index (χ2v) is 13.5. The highest BCUT2D eigenvalue weighted by molar-refractivity contribution is 6.62. The molecule has 2 heterocycles. The van der Waals surface area contributed by atoms with Crippen molar-refractivity contribution in [2.75, 3.05) is 7.11 Å². The smallest absolute Gasteiger partial charge is 0.492 e. The van der Waals surface area contributed by atoms with Gasteiger partial charge >= 0.3 is 14.2 Å². The lowest BCUT2D eigenvalue weighted by Crippen LogP contribution is -2.29. The van der Waals surface area contributed by atoms with Gasteiger partial charge in [-0.25, -0.2) is 0 Å². The van der Waals surface area contributed by atoms with Crippen LogP contribution in [-0.4, -0.2) is 58.3 Å². The second kappa shape index (κ2) is 15.0. The van der Waals surface area contributed by atoms with Crippen molar-refractivity contribution < 1.29 is 49.0 Å². The number of hydrogen-bond donors (Lipinski definition) is 5. The maximum absolute atomic E-state index is 12.7. The van der Waals surface area contributed by atoms with Gasteiger partial charge in [-0.2, -0.15) is 0 Å². The van der Waals surface area contributed by atoms with Crippen LogP contribution < -0.4 is 15.7 Å². The third-order valence-electron chi connectivity index (χ3n) is 9.22. The molecule has 4 aromatic rings. The minimum absolute atomic E-state index is 0.0889. The van der Waals surface area contributed by atoms with Gasteiger partial charge in [0.2, 0.25) is 0 Å². The van der Waals surface area contributed by atoms with E-state index in [1.54, 1.807) is 36.4 Å². The third kappa shape index (κ3) is 7.77. The zero-order valence-corrected chi connectivity index (χ0v) is 28.9. The number of aliphatic hydroxyl groups excluding tert-OH is 3. The van der Waals surface area contributed by atoms with Gasteiger partial charge in [0.15, 0.2) is 11.6 Å². The monoisotopic (exact) mass is 680 g/mol. The Bertz CT molecular complexity index is 1900. The SMILES string of the molecule is CC1(C)OB(O)c2cc(CC(=O)c3ccc(CO)c(CO)c3)ccc21.COc1cc(CO)ccc1C(=O)Cc1ccc2c(c1)B(O)OC2(C)C. The van der Waals surface area contributed by atoms with Crippen LogP contribution in [0.3, 0.4) is 0 Å². The van der Waals surface area contributed by atoms with Gasteiger partial charge in [0, 0.05) is 18.4 Å². The molecule has 0 unspecified atom stereocenters. The van der Waals surface area contributed by atoms with Crippen molar-refractivity contribution in [2.24, 2.45) is 0 Å². The van der Waals surface area contributed by atoms with E-state index in [-0.39, 0.29) is 44.2 Å². The van der Waals surface area contributed by atoms with Gasteiger partial charge in [-0.05, 0) is 95.8 Å². The van der Waals surface area contributed by atoms with E-state index in [0.29, 0.717) is 44.5 Å². The average molecular weight is 680 g/mol. The summed E-state index contributed by atoms with van der Waals surface area (Å²) in [4.78, 5) is 25.2. The number of methoxy groups -OCH3 is 1. The van der Waals surface area contributed by atoms with E-state index < -0.39 is 25.4 Å². The average Bonchev–Trinajstić information content (AvgIpc) is 3.47. The summed E-state index contributed by atoms with van der Waals surface area (Å²) in [5.41, 5.74) is 6.57. The predicted octanol–water partition coefficient (Wildman–Crippen LogP) is 2.62. The van der Waals surface area contributed by atoms with Crippen LogP contribution in [0, 0.1) is 0 Å². The molecule has 0 radical (unpaired) electrons. The molecule has 6 rings (SSSR count). The zero-order chi connectivity index (χ0) is 36.4. The molecule has 12 heteroatoms. The zero-order valence-electron chi connectivity index (χ0n) is 28.9. The Hall–Kier alpha value is -4.13. The Labute approximate surface area is 292 Å². The molecular formula is C38H42B2O10. The first-order valence-corrected chi connectivity index (χ1v) is 16.4. The van der Waals surface area contributed by atoms with E-state index in [1.807, 2.05) is 64.1 Å². The lowest BCUT2D eigenvalue weighted by molar-refractivity contribution is 0.0982. The lowest BCUT2D eigenvalue weighted by atomic mass is 9.77. The van der Waals surface area contributed by atoms with Crippen LogP contribution in [0.25, 0.3) is 0 Å². The number of rotatable bonds is 10. The summed E-state index contributed by atoms with van der Waals surface area (Å²) >= 11 is 0. The van der Waals surface area contributed by atoms with Gasteiger partial charge in [-0.3, -0.25) is 9.59 Å². The van der Waals surface area contributed by atoms with Crippen LogP contribution in [-0.2, 0) is 53.2 Å². The Morgan fingerprint density at radius 1 is 0.640 bits per heavy atom. The molecule has 5 N–H and O–H groups in total. The molecule has 260 valence electrons. The van der Waals surface area contributed by atoms with Crippen molar-refractivity contribution in [1.82, 2.24) is 0 Å². The Kier molecular flexibility index (Phi) is 11.1. The molecule has 4 aromatic carbocycles. The molecule has 0 saturated carbocycles. The highest BCUT2D eigenvalue weighted by atomic mass is 16.5. The fraction of sp³-hybridized carbons (Fsp3) is 0.316. The van der Waals surface area contributed by atoms with Crippen molar-refractivity contribution in [3.8, 4) is 5.75 Å². The quantitative estimate of drug-likeness (QED) is 0.124. The number of fused-ring (bicyclic) bond motifs is 2. The number of Topliss-reactive ketones (excluding diaryl/α,β-unsaturated/α-hetero) is 2. The molecule has 2 aliphatic heterocycles. The minimum atomic E-state index is -0.982. The molecule has 0 aliphatic carbocycles. The standard InChI is InChI=1S/2C19H21BO5/c1-19(2)15-7-5-12(8-16(15)20(23)25-19)9-17(22)14-6-4-13(11-21)10-18(14)24-3;1-19(2)16-6-3-12(7-17(16)20(24)25-19)8-18(23)13-4-5-14(10-21)15(9-13)11-22/h4-8,10,21,23H,9,11H2,1-3H3;3-7,9,21-22,24H,8,10-11H2,1-2H3. The lowest BCUT2D eigenvalue weighted by Gasteiger charge is -2.19. The number of benzene rings is 4. The van der Waals surface area contributed by atoms with Crippen molar-refractivity contribution in [3.05, 3.63) is 123 Å². The molecule has 0 bridgehead atoms. The molecule has 0 amide bonds. The van der Waals surface area contributed by atoms with Gasteiger partial charge in [-0.1, -0.05) is 54.6 Å². The number of carbonyl (C=O) groups excluding carboxylic acids is 2. The number of ether oxygens (including phenoxy) is 1. The summed E-state index contributed by atoms with van der Waals surface area (Å²) < 4.78 is 16.4. The van der Waals surface area contributed by atoms with Gasteiger partial charge < -0.3 is 39.4 Å². The molecule has 10 nitrogen and oxygen atoms in total. The fourth-order valence-electron chi connectivity index (χ4n) is 6.49. The van der Waals surface area contributed by atoms with E-state index in [1.165, 1.54) is 7.11 Å². The Balaban J connectivity index is 0.000000194. The first-order chi connectivity index (χ1) is 23.7. The van der Waals surface area contributed by atoms with E-state index >= 15 is 0 Å². The largest absolute Gasteiger partial charge is 0.496 e. The topological polar surface area (TPSA) is 163 Å². The van der Waals surface area contributed by atoms with E-state index in [2.05, 4.69) is 0 Å². The van der Waals surface area contributed by atoms with Crippen LogP contribution in [0.15, 0.2) is 72.8 Å². The van der Waals surface area contributed by atoms with Crippen molar-refractivity contribution in [2.45, 2.75) is 71.6 Å². The number of aliphatic hydroxyl groups is 3. The second-order valence-electron chi connectivity index (χ2n) is 13.5. The van der Waals surface area contributed by atoms with Crippen LogP contribution >= 0.6 is 0 Å². The normalized spacial score (nSPS) is 15.2. The summed E-state index contributed by atoms with van der Waals surface area (Å²) in [5, 5.41) is 47.9. The minimum Gasteiger partial charge on any atom is -0.496 e. The first kappa shape index (κ1) is 37.1. The van der Waals surface area contributed by atoms with Crippen LogP contribution in [0.2, 0.25) is 0 Å². The summed E-state index contributed by atoms with van der Waals surface area (Å²) in [6, 6.07) is 21.1. The van der Waals surface area contributed by atoms with Crippen LogP contribution in [0.4, 0.5) is 0 Å². The van der Waals surface area contributed by atoms with Gasteiger partial charge in [-0.15, -0.1) is 0 Å². The van der Waals surface area contributed by atoms with Crippen LogP contribution in [0.5, 0.6) is 5.75 Å².